The van der Waals surface area contributed by atoms with Gasteiger partial charge in [-0.15, -0.1) is 0 Å². The maximum absolute atomic E-state index is 12.0. The molecule has 2 heterocycles. The third-order valence-electron chi connectivity index (χ3n) is 4.01. The number of carbonyl (C=O) groups excluding carboxylic acids is 1. The highest BCUT2D eigenvalue weighted by molar-refractivity contribution is 5.83. The summed E-state index contributed by atoms with van der Waals surface area (Å²) in [6.45, 7) is 4.26. The monoisotopic (exact) mass is 240 g/mol. The van der Waals surface area contributed by atoms with Crippen LogP contribution in [0, 0.1) is 5.92 Å². The number of rotatable bonds is 4. The van der Waals surface area contributed by atoms with Gasteiger partial charge in [0.25, 0.3) is 0 Å². The van der Waals surface area contributed by atoms with Crippen molar-refractivity contribution in [2.75, 3.05) is 46.9 Å². The predicted octanol–water partition coefficient (Wildman–Crippen LogP) is 0.618. The van der Waals surface area contributed by atoms with Gasteiger partial charge in [0.1, 0.15) is 0 Å². The zero-order valence-corrected chi connectivity index (χ0v) is 11.0. The second-order valence-corrected chi connectivity index (χ2v) is 5.50. The summed E-state index contributed by atoms with van der Waals surface area (Å²) in [7, 11) is 4.24. The minimum Gasteiger partial charge on any atom is -0.381 e. The van der Waals surface area contributed by atoms with E-state index >= 15 is 0 Å². The number of piperidine rings is 1. The highest BCUT2D eigenvalue weighted by atomic mass is 16.5. The Balaban J connectivity index is 1.79. The Morgan fingerprint density at radius 3 is 2.94 bits per heavy atom. The molecule has 2 atom stereocenters. The SMILES string of the molecule is CN1CCCC(N(C)CC(=O)C2CCOC2)C1. The van der Waals surface area contributed by atoms with Crippen LogP contribution >= 0.6 is 0 Å². The van der Waals surface area contributed by atoms with E-state index in [1.165, 1.54) is 19.4 Å². The zero-order chi connectivity index (χ0) is 12.3. The van der Waals surface area contributed by atoms with Crippen LogP contribution in [0.3, 0.4) is 0 Å². The zero-order valence-electron chi connectivity index (χ0n) is 11.0. The van der Waals surface area contributed by atoms with Gasteiger partial charge in [0.2, 0.25) is 0 Å². The lowest BCUT2D eigenvalue weighted by Crippen LogP contribution is -2.47. The van der Waals surface area contributed by atoms with E-state index in [2.05, 4.69) is 23.9 Å². The van der Waals surface area contributed by atoms with Gasteiger partial charge in [0, 0.05) is 25.1 Å². The summed E-state index contributed by atoms with van der Waals surface area (Å²) in [6.07, 6.45) is 3.37. The van der Waals surface area contributed by atoms with E-state index in [0.717, 1.165) is 19.6 Å². The molecule has 2 aliphatic rings. The molecule has 4 nitrogen and oxygen atoms in total. The Labute approximate surface area is 104 Å². The Morgan fingerprint density at radius 1 is 1.47 bits per heavy atom. The number of hydrogen-bond donors (Lipinski definition) is 0. The molecule has 0 bridgehead atoms. The highest BCUT2D eigenvalue weighted by Gasteiger charge is 2.27. The fourth-order valence-corrected chi connectivity index (χ4v) is 2.79. The minimum absolute atomic E-state index is 0.152. The first kappa shape index (κ1) is 13.0. The van der Waals surface area contributed by atoms with E-state index in [1.807, 2.05) is 0 Å². The smallest absolute Gasteiger partial charge is 0.152 e. The normalized spacial score (nSPS) is 31.0. The van der Waals surface area contributed by atoms with E-state index in [4.69, 9.17) is 4.74 Å². The Hall–Kier alpha value is -0.450. The molecule has 0 N–H and O–H groups in total. The molecule has 0 aromatic carbocycles. The van der Waals surface area contributed by atoms with E-state index in [0.29, 0.717) is 25.0 Å². The molecule has 0 aromatic rings. The standard InChI is InChI=1S/C13H24N2O2/c1-14-6-3-4-12(8-14)15(2)9-13(16)11-5-7-17-10-11/h11-12H,3-10H2,1-2H3. The number of carbonyl (C=O) groups is 1. The summed E-state index contributed by atoms with van der Waals surface area (Å²) in [5, 5.41) is 0. The second-order valence-electron chi connectivity index (χ2n) is 5.50. The average molecular weight is 240 g/mol. The molecule has 0 saturated carbocycles. The molecule has 98 valence electrons. The minimum atomic E-state index is 0.152. The van der Waals surface area contributed by atoms with E-state index in [9.17, 15) is 4.79 Å². The molecule has 2 saturated heterocycles. The van der Waals surface area contributed by atoms with Crippen LogP contribution in [0.15, 0.2) is 0 Å². The van der Waals surface area contributed by atoms with Gasteiger partial charge in [0.15, 0.2) is 5.78 Å². The summed E-state index contributed by atoms with van der Waals surface area (Å²) in [6, 6.07) is 0.542. The molecule has 2 aliphatic heterocycles. The quantitative estimate of drug-likeness (QED) is 0.721. The van der Waals surface area contributed by atoms with Gasteiger partial charge in [-0.3, -0.25) is 9.69 Å². The van der Waals surface area contributed by atoms with Crippen molar-refractivity contribution in [3.63, 3.8) is 0 Å². The van der Waals surface area contributed by atoms with Crippen molar-refractivity contribution in [2.24, 2.45) is 5.92 Å². The molecular formula is C13H24N2O2. The maximum atomic E-state index is 12.0. The summed E-state index contributed by atoms with van der Waals surface area (Å²) in [5.74, 6) is 0.511. The van der Waals surface area contributed by atoms with Crippen molar-refractivity contribution in [3.05, 3.63) is 0 Å². The molecular weight excluding hydrogens is 216 g/mol. The van der Waals surface area contributed by atoms with Crippen LogP contribution in [-0.2, 0) is 9.53 Å². The van der Waals surface area contributed by atoms with Crippen molar-refractivity contribution < 1.29 is 9.53 Å². The van der Waals surface area contributed by atoms with Gasteiger partial charge in [-0.05, 0) is 39.9 Å². The number of likely N-dealkylation sites (tertiary alicyclic amines) is 1. The molecule has 17 heavy (non-hydrogen) atoms. The largest absolute Gasteiger partial charge is 0.381 e. The van der Waals surface area contributed by atoms with Gasteiger partial charge in [-0.25, -0.2) is 0 Å². The van der Waals surface area contributed by atoms with Gasteiger partial charge >= 0.3 is 0 Å². The van der Waals surface area contributed by atoms with Crippen molar-refractivity contribution >= 4 is 5.78 Å². The Kier molecular flexibility index (Phi) is 4.54. The number of Topliss-reactive ketones (excluding diaryl/α,β-unsaturated/α-hetero) is 1. The molecule has 0 spiro atoms. The fraction of sp³-hybridized carbons (Fsp3) is 0.923. The van der Waals surface area contributed by atoms with Crippen LogP contribution in [0.4, 0.5) is 0 Å². The van der Waals surface area contributed by atoms with Crippen LogP contribution in [-0.4, -0.2) is 68.6 Å². The van der Waals surface area contributed by atoms with Gasteiger partial charge < -0.3 is 9.64 Å². The number of ether oxygens (including phenoxy) is 1. The predicted molar refractivity (Wildman–Crippen MR) is 67.1 cm³/mol. The molecule has 0 amide bonds. The van der Waals surface area contributed by atoms with E-state index in [-0.39, 0.29) is 5.92 Å². The molecule has 2 unspecified atom stereocenters. The van der Waals surface area contributed by atoms with Crippen molar-refractivity contribution in [1.82, 2.24) is 9.80 Å². The first-order chi connectivity index (χ1) is 8.16. The van der Waals surface area contributed by atoms with Crippen LogP contribution in [0.1, 0.15) is 19.3 Å². The third-order valence-corrected chi connectivity index (χ3v) is 4.01. The lowest BCUT2D eigenvalue weighted by Gasteiger charge is -2.35. The topological polar surface area (TPSA) is 32.8 Å². The highest BCUT2D eigenvalue weighted by Crippen LogP contribution is 2.17. The Bertz CT molecular complexity index is 264. The summed E-state index contributed by atoms with van der Waals surface area (Å²) < 4.78 is 5.27. The third kappa shape index (κ3) is 3.50. The fourth-order valence-electron chi connectivity index (χ4n) is 2.79. The van der Waals surface area contributed by atoms with Crippen molar-refractivity contribution in [3.8, 4) is 0 Å². The van der Waals surface area contributed by atoms with Crippen LogP contribution in [0.2, 0.25) is 0 Å². The summed E-state index contributed by atoms with van der Waals surface area (Å²) in [5.41, 5.74) is 0. The van der Waals surface area contributed by atoms with E-state index in [1.54, 1.807) is 0 Å². The molecule has 0 aromatic heterocycles. The molecule has 2 fully saturated rings. The first-order valence-corrected chi connectivity index (χ1v) is 6.66. The molecule has 0 radical (unpaired) electrons. The van der Waals surface area contributed by atoms with Crippen LogP contribution in [0.25, 0.3) is 0 Å². The number of hydrogen-bond acceptors (Lipinski definition) is 4. The average Bonchev–Trinajstić information content (AvgIpc) is 2.82. The second kappa shape index (κ2) is 5.94. The summed E-state index contributed by atoms with van der Waals surface area (Å²) >= 11 is 0. The van der Waals surface area contributed by atoms with Crippen LogP contribution in [0.5, 0.6) is 0 Å². The molecule has 4 heteroatoms. The lowest BCUT2D eigenvalue weighted by molar-refractivity contribution is -0.124. The van der Waals surface area contributed by atoms with Crippen LogP contribution < -0.4 is 0 Å². The Morgan fingerprint density at radius 2 is 2.29 bits per heavy atom. The van der Waals surface area contributed by atoms with Crippen molar-refractivity contribution in [1.29, 1.82) is 0 Å². The van der Waals surface area contributed by atoms with Gasteiger partial charge in [-0.1, -0.05) is 0 Å². The van der Waals surface area contributed by atoms with Gasteiger partial charge in [0.05, 0.1) is 13.2 Å². The lowest BCUT2D eigenvalue weighted by atomic mass is 10.0. The van der Waals surface area contributed by atoms with Crippen molar-refractivity contribution in [2.45, 2.75) is 25.3 Å². The first-order valence-electron chi connectivity index (χ1n) is 6.66. The number of likely N-dealkylation sites (N-methyl/N-ethyl adjacent to an activating group) is 2. The molecule has 0 aliphatic carbocycles. The van der Waals surface area contributed by atoms with E-state index < -0.39 is 0 Å². The maximum Gasteiger partial charge on any atom is 0.152 e. The summed E-state index contributed by atoms with van der Waals surface area (Å²) in [4.78, 5) is 16.6. The number of nitrogens with zero attached hydrogens (tertiary/aromatic N) is 2. The van der Waals surface area contributed by atoms with Gasteiger partial charge in [-0.2, -0.15) is 0 Å². The number of ketones is 1. The molecule has 2 rings (SSSR count).